The second kappa shape index (κ2) is 4.54. The Morgan fingerprint density at radius 2 is 1.91 bits per heavy atom. The van der Waals surface area contributed by atoms with Crippen LogP contribution in [0.4, 0.5) is 17.6 Å². The van der Waals surface area contributed by atoms with E-state index in [1.165, 1.54) is 0 Å². The Hall–Kier alpha value is -0.320. The first kappa shape index (κ1) is 10.7. The molecule has 0 aromatic carbocycles. The van der Waals surface area contributed by atoms with Crippen molar-refractivity contribution in [1.82, 2.24) is 5.32 Å². The number of nitrogens with one attached hydrogen (secondary N) is 1. The highest BCUT2D eigenvalue weighted by Crippen LogP contribution is 2.21. The highest BCUT2D eigenvalue weighted by atomic mass is 19.3. The molecule has 0 unspecified atom stereocenters. The van der Waals surface area contributed by atoms with E-state index in [1.54, 1.807) is 6.92 Å². The van der Waals surface area contributed by atoms with Gasteiger partial charge in [-0.15, -0.1) is 0 Å². The maximum absolute atomic E-state index is 12.1. The molecule has 0 aromatic heterocycles. The molecule has 0 aliphatic heterocycles. The number of alkyl halides is 4. The van der Waals surface area contributed by atoms with Gasteiger partial charge < -0.3 is 5.32 Å². The maximum atomic E-state index is 12.1. The third kappa shape index (κ3) is 4.19. The lowest BCUT2D eigenvalue weighted by atomic mass is 10.3. The molecular formula is C6H11F4N. The minimum absolute atomic E-state index is 0.336. The van der Waals surface area contributed by atoms with E-state index in [-0.39, 0.29) is 0 Å². The van der Waals surface area contributed by atoms with Crippen LogP contribution in [0.3, 0.4) is 0 Å². The van der Waals surface area contributed by atoms with Gasteiger partial charge in [-0.25, -0.2) is 8.78 Å². The predicted molar refractivity (Wildman–Crippen MR) is 34.1 cm³/mol. The maximum Gasteiger partial charge on any atom is 0.319 e. The Bertz CT molecular complexity index is 105. The zero-order valence-electron chi connectivity index (χ0n) is 6.21. The number of halogens is 4. The first-order valence-corrected chi connectivity index (χ1v) is 3.37. The molecule has 68 valence electrons. The molecule has 0 atom stereocenters. The molecular weight excluding hydrogens is 162 g/mol. The van der Waals surface area contributed by atoms with E-state index in [9.17, 15) is 17.6 Å². The summed E-state index contributed by atoms with van der Waals surface area (Å²) in [5.74, 6) is -3.89. The Labute approximate surface area is 62.8 Å². The lowest BCUT2D eigenvalue weighted by Gasteiger charge is -2.14. The van der Waals surface area contributed by atoms with Crippen LogP contribution < -0.4 is 5.32 Å². The average Bonchev–Trinajstić information content (AvgIpc) is 1.88. The van der Waals surface area contributed by atoms with Gasteiger partial charge in [0, 0.05) is 0 Å². The highest BCUT2D eigenvalue weighted by molar-refractivity contribution is 4.71. The van der Waals surface area contributed by atoms with Gasteiger partial charge in [-0.2, -0.15) is 8.78 Å². The largest absolute Gasteiger partial charge is 0.319 e. The summed E-state index contributed by atoms with van der Waals surface area (Å²) in [4.78, 5) is 0. The number of hydrogen-bond acceptors (Lipinski definition) is 1. The van der Waals surface area contributed by atoms with Crippen molar-refractivity contribution in [2.45, 2.75) is 25.7 Å². The molecule has 0 saturated heterocycles. The summed E-state index contributed by atoms with van der Waals surface area (Å²) in [6.07, 6.45) is -2.92. The summed E-state index contributed by atoms with van der Waals surface area (Å²) >= 11 is 0. The molecule has 0 amide bonds. The van der Waals surface area contributed by atoms with Crippen LogP contribution in [-0.4, -0.2) is 25.4 Å². The van der Waals surface area contributed by atoms with Gasteiger partial charge in [0.25, 0.3) is 0 Å². The van der Waals surface area contributed by atoms with Crippen molar-refractivity contribution < 1.29 is 17.6 Å². The second-order valence-corrected chi connectivity index (χ2v) is 2.24. The van der Waals surface area contributed by atoms with Crippen LogP contribution in [0.5, 0.6) is 0 Å². The average molecular weight is 173 g/mol. The monoisotopic (exact) mass is 173 g/mol. The Kier molecular flexibility index (Phi) is 4.40. The van der Waals surface area contributed by atoms with E-state index in [1.807, 2.05) is 0 Å². The van der Waals surface area contributed by atoms with Gasteiger partial charge in [0.2, 0.25) is 0 Å². The van der Waals surface area contributed by atoms with Gasteiger partial charge >= 0.3 is 12.3 Å². The van der Waals surface area contributed by atoms with E-state index >= 15 is 0 Å². The third-order valence-corrected chi connectivity index (χ3v) is 1.11. The van der Waals surface area contributed by atoms with Gasteiger partial charge in [0.15, 0.2) is 0 Å². The normalized spacial score (nSPS) is 12.5. The van der Waals surface area contributed by atoms with Crippen molar-refractivity contribution in [3.05, 3.63) is 0 Å². The van der Waals surface area contributed by atoms with Crippen molar-refractivity contribution in [3.63, 3.8) is 0 Å². The van der Waals surface area contributed by atoms with E-state index in [0.29, 0.717) is 13.0 Å². The molecule has 1 nitrogen and oxygen atoms in total. The van der Waals surface area contributed by atoms with E-state index in [0.717, 1.165) is 0 Å². The number of hydrogen-bond donors (Lipinski definition) is 1. The fraction of sp³-hybridized carbons (Fsp3) is 1.00. The van der Waals surface area contributed by atoms with Gasteiger partial charge in [-0.1, -0.05) is 6.92 Å². The molecule has 0 saturated carbocycles. The van der Waals surface area contributed by atoms with E-state index < -0.39 is 18.9 Å². The van der Waals surface area contributed by atoms with Crippen molar-refractivity contribution in [2.75, 3.05) is 13.1 Å². The molecule has 0 aliphatic rings. The molecule has 0 heterocycles. The van der Waals surface area contributed by atoms with Crippen molar-refractivity contribution in [1.29, 1.82) is 0 Å². The Morgan fingerprint density at radius 1 is 1.36 bits per heavy atom. The SMILES string of the molecule is CCCNCC(F)(F)C(F)F. The molecule has 0 radical (unpaired) electrons. The van der Waals surface area contributed by atoms with Crippen LogP contribution in [0.15, 0.2) is 0 Å². The molecule has 0 aromatic rings. The van der Waals surface area contributed by atoms with Crippen LogP contribution in [-0.2, 0) is 0 Å². The first-order chi connectivity index (χ1) is 5.00. The summed E-state index contributed by atoms with van der Waals surface area (Å²) in [5.41, 5.74) is 0. The highest BCUT2D eigenvalue weighted by Gasteiger charge is 2.39. The minimum Gasteiger partial charge on any atom is -0.311 e. The quantitative estimate of drug-likeness (QED) is 0.494. The zero-order valence-corrected chi connectivity index (χ0v) is 6.21. The van der Waals surface area contributed by atoms with Crippen LogP contribution in [0, 0.1) is 0 Å². The fourth-order valence-corrected chi connectivity index (χ4v) is 0.509. The molecule has 11 heavy (non-hydrogen) atoms. The zero-order chi connectivity index (χ0) is 8.91. The lowest BCUT2D eigenvalue weighted by Crippen LogP contribution is -2.39. The van der Waals surface area contributed by atoms with Gasteiger partial charge in [0.1, 0.15) is 0 Å². The third-order valence-electron chi connectivity index (χ3n) is 1.11. The summed E-state index contributed by atoms with van der Waals surface area (Å²) < 4.78 is 47.0. The van der Waals surface area contributed by atoms with Crippen molar-refractivity contribution >= 4 is 0 Å². The molecule has 5 heteroatoms. The standard InChI is InChI=1S/C6H11F4N/c1-2-3-11-4-6(9,10)5(7)8/h5,11H,2-4H2,1H3. The van der Waals surface area contributed by atoms with E-state index in [2.05, 4.69) is 5.32 Å². The topological polar surface area (TPSA) is 12.0 Å². The summed E-state index contributed by atoms with van der Waals surface area (Å²) in [6.45, 7) is 1.16. The summed E-state index contributed by atoms with van der Waals surface area (Å²) in [7, 11) is 0. The van der Waals surface area contributed by atoms with Crippen molar-refractivity contribution in [2.24, 2.45) is 0 Å². The first-order valence-electron chi connectivity index (χ1n) is 3.37. The van der Waals surface area contributed by atoms with Gasteiger partial charge in [-0.3, -0.25) is 0 Å². The van der Waals surface area contributed by atoms with Crippen LogP contribution in [0.2, 0.25) is 0 Å². The van der Waals surface area contributed by atoms with Crippen LogP contribution in [0.1, 0.15) is 13.3 Å². The Morgan fingerprint density at radius 3 is 2.27 bits per heavy atom. The van der Waals surface area contributed by atoms with Gasteiger partial charge in [-0.05, 0) is 13.0 Å². The predicted octanol–water partition coefficient (Wildman–Crippen LogP) is 1.89. The van der Waals surface area contributed by atoms with Crippen molar-refractivity contribution in [3.8, 4) is 0 Å². The molecule has 0 bridgehead atoms. The smallest absolute Gasteiger partial charge is 0.311 e. The van der Waals surface area contributed by atoms with Gasteiger partial charge in [0.05, 0.1) is 6.54 Å². The summed E-state index contributed by atoms with van der Waals surface area (Å²) in [5, 5.41) is 2.23. The molecule has 0 aliphatic carbocycles. The molecule has 0 spiro atoms. The van der Waals surface area contributed by atoms with E-state index in [4.69, 9.17) is 0 Å². The molecule has 0 fully saturated rings. The summed E-state index contributed by atoms with van der Waals surface area (Å²) in [6, 6.07) is 0. The Balaban J connectivity index is 3.55. The number of rotatable bonds is 5. The van der Waals surface area contributed by atoms with Crippen LogP contribution >= 0.6 is 0 Å². The second-order valence-electron chi connectivity index (χ2n) is 2.24. The fourth-order valence-electron chi connectivity index (χ4n) is 0.509. The minimum atomic E-state index is -3.89. The molecule has 1 N–H and O–H groups in total. The molecule has 0 rings (SSSR count). The lowest BCUT2D eigenvalue weighted by molar-refractivity contribution is -0.125. The van der Waals surface area contributed by atoms with Crippen LogP contribution in [0.25, 0.3) is 0 Å².